The zero-order valence-electron chi connectivity index (χ0n) is 13.5. The number of aliphatic hydroxyl groups excluding tert-OH is 1. The van der Waals surface area contributed by atoms with E-state index in [4.69, 9.17) is 0 Å². The van der Waals surface area contributed by atoms with Gasteiger partial charge in [0.25, 0.3) is 0 Å². The zero-order valence-corrected chi connectivity index (χ0v) is 13.5. The molecule has 1 saturated heterocycles. The fraction of sp³-hybridized carbons (Fsp3) is 0.588. The average molecular weight is 305 g/mol. The summed E-state index contributed by atoms with van der Waals surface area (Å²) >= 11 is 0. The topological polar surface area (TPSA) is 64.6 Å². The van der Waals surface area contributed by atoms with Gasteiger partial charge in [0.15, 0.2) is 0 Å². The van der Waals surface area contributed by atoms with Crippen LogP contribution in [0, 0.1) is 5.92 Å². The van der Waals surface area contributed by atoms with Gasteiger partial charge in [-0.05, 0) is 32.4 Å². The molecule has 0 bridgehead atoms. The molecule has 0 radical (unpaired) electrons. The maximum absolute atomic E-state index is 11.9. The number of benzene rings is 1. The van der Waals surface area contributed by atoms with Crippen molar-refractivity contribution in [3.05, 3.63) is 35.9 Å². The van der Waals surface area contributed by atoms with Gasteiger partial charge in [-0.1, -0.05) is 30.3 Å². The van der Waals surface area contributed by atoms with Crippen molar-refractivity contribution in [3.8, 4) is 0 Å². The van der Waals surface area contributed by atoms with Crippen molar-refractivity contribution < 1.29 is 9.90 Å². The molecule has 1 aliphatic heterocycles. The molecule has 0 aliphatic carbocycles. The minimum absolute atomic E-state index is 0.0128. The molecule has 22 heavy (non-hydrogen) atoms. The van der Waals surface area contributed by atoms with Crippen molar-refractivity contribution in [3.63, 3.8) is 0 Å². The van der Waals surface area contributed by atoms with Crippen molar-refractivity contribution in [1.29, 1.82) is 0 Å². The number of nitrogens with zero attached hydrogens (tertiary/aromatic N) is 1. The summed E-state index contributed by atoms with van der Waals surface area (Å²) in [5.74, 6) is 0.130. The first-order valence-corrected chi connectivity index (χ1v) is 8.02. The van der Waals surface area contributed by atoms with Crippen LogP contribution in [-0.2, 0) is 6.54 Å². The van der Waals surface area contributed by atoms with E-state index in [1.54, 1.807) is 0 Å². The van der Waals surface area contributed by atoms with Crippen molar-refractivity contribution in [2.75, 3.05) is 19.7 Å². The monoisotopic (exact) mass is 305 g/mol. The second-order valence-corrected chi connectivity index (χ2v) is 6.33. The molecule has 0 spiro atoms. The first-order chi connectivity index (χ1) is 10.6. The van der Waals surface area contributed by atoms with Crippen LogP contribution in [0.5, 0.6) is 0 Å². The van der Waals surface area contributed by atoms with Crippen LogP contribution in [0.3, 0.4) is 0 Å². The lowest BCUT2D eigenvalue weighted by atomic mass is 9.92. The Balaban J connectivity index is 1.92. The van der Waals surface area contributed by atoms with E-state index in [2.05, 4.69) is 27.7 Å². The van der Waals surface area contributed by atoms with Crippen molar-refractivity contribution in [1.82, 2.24) is 15.5 Å². The summed E-state index contributed by atoms with van der Waals surface area (Å²) in [6.45, 7) is 6.59. The Morgan fingerprint density at radius 1 is 1.36 bits per heavy atom. The molecule has 122 valence electrons. The number of carbonyl (C=O) groups excluding carboxylic acids is 1. The molecule has 1 fully saturated rings. The van der Waals surface area contributed by atoms with E-state index in [0.29, 0.717) is 0 Å². The Kier molecular flexibility index (Phi) is 6.21. The second kappa shape index (κ2) is 8.15. The standard InChI is InChI=1S/C17H27N3O2/c1-13(2)18-17(22)19-16-11-20(9-8-15(16)12-21)10-14-6-4-3-5-7-14/h3-7,13,15-16,21H,8-12H2,1-2H3,(H2,18,19,22). The van der Waals surface area contributed by atoms with Gasteiger partial charge in [0, 0.05) is 37.7 Å². The van der Waals surface area contributed by atoms with Crippen LogP contribution in [0.1, 0.15) is 25.8 Å². The number of carbonyl (C=O) groups is 1. The van der Waals surface area contributed by atoms with Gasteiger partial charge in [-0.3, -0.25) is 4.90 Å². The smallest absolute Gasteiger partial charge is 0.315 e. The Hall–Kier alpha value is -1.59. The van der Waals surface area contributed by atoms with Gasteiger partial charge in [-0.15, -0.1) is 0 Å². The van der Waals surface area contributed by atoms with Crippen LogP contribution in [0.4, 0.5) is 4.79 Å². The van der Waals surface area contributed by atoms with Gasteiger partial charge >= 0.3 is 6.03 Å². The molecular weight excluding hydrogens is 278 g/mol. The summed E-state index contributed by atoms with van der Waals surface area (Å²) < 4.78 is 0. The molecule has 1 aromatic rings. The van der Waals surface area contributed by atoms with Crippen molar-refractivity contribution in [2.45, 2.75) is 38.9 Å². The average Bonchev–Trinajstić information content (AvgIpc) is 2.47. The predicted molar refractivity (Wildman–Crippen MR) is 87.5 cm³/mol. The van der Waals surface area contributed by atoms with Gasteiger partial charge in [0.2, 0.25) is 0 Å². The summed E-state index contributed by atoms with van der Waals surface area (Å²) in [6, 6.07) is 10.3. The van der Waals surface area contributed by atoms with Crippen LogP contribution >= 0.6 is 0 Å². The quantitative estimate of drug-likeness (QED) is 0.774. The Labute approximate surface area is 132 Å². The van der Waals surface area contributed by atoms with Crippen LogP contribution in [0.15, 0.2) is 30.3 Å². The van der Waals surface area contributed by atoms with Crippen LogP contribution in [-0.4, -0.2) is 47.8 Å². The Bertz CT molecular complexity index is 464. The van der Waals surface area contributed by atoms with E-state index < -0.39 is 0 Å². The summed E-state index contributed by atoms with van der Waals surface area (Å²) in [6.07, 6.45) is 0.899. The number of likely N-dealkylation sites (tertiary alicyclic amines) is 1. The van der Waals surface area contributed by atoms with Gasteiger partial charge in [-0.25, -0.2) is 4.79 Å². The van der Waals surface area contributed by atoms with E-state index in [1.165, 1.54) is 5.56 Å². The highest BCUT2D eigenvalue weighted by molar-refractivity contribution is 5.74. The molecule has 0 saturated carbocycles. The minimum atomic E-state index is -0.153. The number of rotatable bonds is 5. The molecule has 2 rings (SSSR count). The van der Waals surface area contributed by atoms with Crippen LogP contribution in [0.25, 0.3) is 0 Å². The fourth-order valence-electron chi connectivity index (χ4n) is 2.91. The van der Waals surface area contributed by atoms with E-state index in [9.17, 15) is 9.90 Å². The largest absolute Gasteiger partial charge is 0.396 e. The molecule has 1 heterocycles. The molecule has 5 heteroatoms. The molecule has 1 aromatic carbocycles. The molecule has 1 aliphatic rings. The number of urea groups is 1. The van der Waals surface area contributed by atoms with E-state index in [0.717, 1.165) is 26.1 Å². The number of nitrogens with one attached hydrogen (secondary N) is 2. The summed E-state index contributed by atoms with van der Waals surface area (Å²) in [7, 11) is 0. The molecular formula is C17H27N3O2. The normalized spacial score (nSPS) is 22.5. The second-order valence-electron chi connectivity index (χ2n) is 6.33. The highest BCUT2D eigenvalue weighted by atomic mass is 16.3. The van der Waals surface area contributed by atoms with Crippen molar-refractivity contribution in [2.24, 2.45) is 5.92 Å². The van der Waals surface area contributed by atoms with Crippen LogP contribution in [0.2, 0.25) is 0 Å². The third kappa shape index (κ3) is 5.00. The Morgan fingerprint density at radius 2 is 2.09 bits per heavy atom. The van der Waals surface area contributed by atoms with Gasteiger partial charge in [0.05, 0.1) is 0 Å². The summed E-state index contributed by atoms with van der Waals surface area (Å²) in [4.78, 5) is 14.3. The lowest BCUT2D eigenvalue weighted by Crippen LogP contribution is -2.55. The molecule has 2 atom stereocenters. The Morgan fingerprint density at radius 3 is 2.73 bits per heavy atom. The number of aliphatic hydroxyl groups is 1. The number of piperidine rings is 1. The number of amides is 2. The lowest BCUT2D eigenvalue weighted by molar-refractivity contribution is 0.0945. The molecule has 2 amide bonds. The fourth-order valence-corrected chi connectivity index (χ4v) is 2.91. The van der Waals surface area contributed by atoms with E-state index in [1.807, 2.05) is 32.0 Å². The van der Waals surface area contributed by atoms with E-state index in [-0.39, 0.29) is 30.6 Å². The molecule has 0 aromatic heterocycles. The molecule has 3 N–H and O–H groups in total. The SMILES string of the molecule is CC(C)NC(=O)NC1CN(Cc2ccccc2)CCC1CO. The minimum Gasteiger partial charge on any atom is -0.396 e. The highest BCUT2D eigenvalue weighted by Crippen LogP contribution is 2.19. The number of hydrogen-bond donors (Lipinski definition) is 3. The van der Waals surface area contributed by atoms with Gasteiger partial charge in [0.1, 0.15) is 0 Å². The summed E-state index contributed by atoms with van der Waals surface area (Å²) in [5, 5.41) is 15.4. The first kappa shape index (κ1) is 16.8. The third-order valence-corrected chi connectivity index (χ3v) is 4.06. The lowest BCUT2D eigenvalue weighted by Gasteiger charge is -2.38. The van der Waals surface area contributed by atoms with Crippen LogP contribution < -0.4 is 10.6 Å². The summed E-state index contributed by atoms with van der Waals surface area (Å²) in [5.41, 5.74) is 1.27. The number of hydrogen-bond acceptors (Lipinski definition) is 3. The van der Waals surface area contributed by atoms with Gasteiger partial charge < -0.3 is 15.7 Å². The first-order valence-electron chi connectivity index (χ1n) is 8.02. The highest BCUT2D eigenvalue weighted by Gasteiger charge is 2.30. The zero-order chi connectivity index (χ0) is 15.9. The predicted octanol–water partition coefficient (Wildman–Crippen LogP) is 1.58. The maximum atomic E-state index is 11.9. The molecule has 2 unspecified atom stereocenters. The van der Waals surface area contributed by atoms with Gasteiger partial charge in [-0.2, -0.15) is 0 Å². The third-order valence-electron chi connectivity index (χ3n) is 4.06. The van der Waals surface area contributed by atoms with E-state index >= 15 is 0 Å². The molecule has 5 nitrogen and oxygen atoms in total. The van der Waals surface area contributed by atoms with Crippen molar-refractivity contribution >= 4 is 6.03 Å². The maximum Gasteiger partial charge on any atom is 0.315 e.